The van der Waals surface area contributed by atoms with Gasteiger partial charge in [-0.2, -0.15) is 4.98 Å². The van der Waals surface area contributed by atoms with Crippen LogP contribution in [0, 0.1) is 0 Å². The maximum Gasteiger partial charge on any atom is 0.313 e. The van der Waals surface area contributed by atoms with E-state index < -0.39 is 11.9 Å². The second-order valence-electron chi connectivity index (χ2n) is 4.52. The molecular weight excluding hydrogens is 264 g/mol. The zero-order chi connectivity index (χ0) is 13.9. The first-order valence-corrected chi connectivity index (χ1v) is 6.46. The molecule has 1 fully saturated rings. The van der Waals surface area contributed by atoms with E-state index in [-0.39, 0.29) is 24.5 Å². The predicted molar refractivity (Wildman–Crippen MR) is 67.6 cm³/mol. The maximum absolute atomic E-state index is 11.5. The number of hydrogen-bond acceptors (Lipinski definition) is 8. The second-order valence-corrected chi connectivity index (χ2v) is 4.52. The Hall–Kier alpha value is -2.22. The largest absolute Gasteiger partial charge is 0.419 e. The highest BCUT2D eigenvalue weighted by Gasteiger charge is 2.23. The molecule has 0 aromatic carbocycles. The van der Waals surface area contributed by atoms with Gasteiger partial charge in [-0.05, 0) is 0 Å². The molecule has 1 aromatic rings. The van der Waals surface area contributed by atoms with Crippen LogP contribution in [0.15, 0.2) is 6.20 Å². The summed E-state index contributed by atoms with van der Waals surface area (Å²) in [5.74, 6) is -0.419. The number of nitrogens with one attached hydrogen (secondary N) is 1. The Morgan fingerprint density at radius 1 is 1.10 bits per heavy atom. The van der Waals surface area contributed by atoms with Gasteiger partial charge in [0.1, 0.15) is 0 Å². The average Bonchev–Trinajstić information content (AvgIpc) is 2.46. The summed E-state index contributed by atoms with van der Waals surface area (Å²) < 4.78 is 10.2. The van der Waals surface area contributed by atoms with Crippen molar-refractivity contribution < 1.29 is 19.1 Å². The number of hydrogen-bond donors (Lipinski definition) is 1. The standard InChI is InChI=1S/C12H14N4O4/c17-9-1-2-10(18)20-11-8(19-9)7-14-12(15-11)16-5-3-13-4-6-16/h7,13H,1-6H2. The molecule has 0 radical (unpaired) electrons. The molecule has 2 aliphatic heterocycles. The van der Waals surface area contributed by atoms with E-state index in [0.29, 0.717) is 5.95 Å². The van der Waals surface area contributed by atoms with Crippen LogP contribution in [0.25, 0.3) is 0 Å². The Morgan fingerprint density at radius 2 is 1.80 bits per heavy atom. The van der Waals surface area contributed by atoms with Crippen LogP contribution in [-0.4, -0.2) is 48.1 Å². The minimum Gasteiger partial charge on any atom is -0.419 e. The number of esters is 2. The Balaban J connectivity index is 1.89. The fourth-order valence-electron chi connectivity index (χ4n) is 2.04. The van der Waals surface area contributed by atoms with Crippen LogP contribution >= 0.6 is 0 Å². The predicted octanol–water partition coefficient (Wildman–Crippen LogP) is -0.509. The fraction of sp³-hybridized carbons (Fsp3) is 0.500. The van der Waals surface area contributed by atoms with Crippen molar-refractivity contribution >= 4 is 17.9 Å². The van der Waals surface area contributed by atoms with E-state index in [1.807, 2.05) is 4.90 Å². The smallest absolute Gasteiger partial charge is 0.313 e. The van der Waals surface area contributed by atoms with E-state index in [2.05, 4.69) is 15.3 Å². The van der Waals surface area contributed by atoms with Crippen LogP contribution in [0.1, 0.15) is 12.8 Å². The maximum atomic E-state index is 11.5. The van der Waals surface area contributed by atoms with Crippen molar-refractivity contribution in [1.29, 1.82) is 0 Å². The Morgan fingerprint density at radius 3 is 2.55 bits per heavy atom. The molecule has 8 heteroatoms. The molecule has 0 atom stereocenters. The Labute approximate surface area is 115 Å². The molecule has 20 heavy (non-hydrogen) atoms. The van der Waals surface area contributed by atoms with E-state index in [1.165, 1.54) is 6.20 Å². The molecule has 0 aliphatic carbocycles. The Kier molecular flexibility index (Phi) is 3.46. The summed E-state index contributed by atoms with van der Waals surface area (Å²) in [4.78, 5) is 33.3. The molecule has 0 unspecified atom stereocenters. The van der Waals surface area contributed by atoms with Gasteiger partial charge in [0.2, 0.25) is 11.7 Å². The number of piperazine rings is 1. The first-order valence-electron chi connectivity index (χ1n) is 6.46. The van der Waals surface area contributed by atoms with Gasteiger partial charge >= 0.3 is 11.9 Å². The summed E-state index contributed by atoms with van der Waals surface area (Å²) in [7, 11) is 0. The third-order valence-corrected chi connectivity index (χ3v) is 3.08. The van der Waals surface area contributed by atoms with Gasteiger partial charge in [-0.1, -0.05) is 0 Å². The summed E-state index contributed by atoms with van der Waals surface area (Å²) in [6, 6.07) is 0. The van der Waals surface area contributed by atoms with Crippen molar-refractivity contribution in [2.45, 2.75) is 12.8 Å². The highest BCUT2D eigenvalue weighted by atomic mass is 16.6. The fourth-order valence-corrected chi connectivity index (χ4v) is 2.04. The number of fused-ring (bicyclic) bond motifs is 1. The third-order valence-electron chi connectivity index (χ3n) is 3.08. The molecule has 2 aliphatic rings. The molecule has 106 valence electrons. The van der Waals surface area contributed by atoms with Crippen LogP contribution in [0.4, 0.5) is 5.95 Å². The third kappa shape index (κ3) is 2.69. The zero-order valence-corrected chi connectivity index (χ0v) is 10.8. The van der Waals surface area contributed by atoms with E-state index in [0.717, 1.165) is 26.2 Å². The first-order chi connectivity index (χ1) is 9.72. The second kappa shape index (κ2) is 5.41. The van der Waals surface area contributed by atoms with Crippen LogP contribution < -0.4 is 19.7 Å². The normalized spacial score (nSPS) is 19.5. The molecule has 3 rings (SSSR count). The number of anilines is 1. The van der Waals surface area contributed by atoms with Gasteiger partial charge in [-0.25, -0.2) is 4.98 Å². The summed E-state index contributed by atoms with van der Waals surface area (Å²) in [6.45, 7) is 3.23. The molecule has 0 spiro atoms. The molecule has 8 nitrogen and oxygen atoms in total. The van der Waals surface area contributed by atoms with E-state index >= 15 is 0 Å². The minimum absolute atomic E-state index is 0.00216. The summed E-state index contributed by atoms with van der Waals surface area (Å²) in [5.41, 5.74) is 0. The number of carbonyl (C=O) groups is 2. The monoisotopic (exact) mass is 278 g/mol. The number of aromatic nitrogens is 2. The van der Waals surface area contributed by atoms with Crippen LogP contribution in [0.2, 0.25) is 0 Å². The van der Waals surface area contributed by atoms with Gasteiger partial charge in [0.25, 0.3) is 5.88 Å². The molecule has 0 amide bonds. The van der Waals surface area contributed by atoms with E-state index in [4.69, 9.17) is 9.47 Å². The van der Waals surface area contributed by atoms with Crippen molar-refractivity contribution in [3.05, 3.63) is 6.20 Å². The number of carbonyl (C=O) groups excluding carboxylic acids is 2. The molecule has 0 bridgehead atoms. The first kappa shape index (κ1) is 12.8. The lowest BCUT2D eigenvalue weighted by Gasteiger charge is -2.27. The average molecular weight is 278 g/mol. The van der Waals surface area contributed by atoms with Gasteiger partial charge in [0, 0.05) is 26.2 Å². The number of nitrogens with zero attached hydrogens (tertiary/aromatic N) is 3. The van der Waals surface area contributed by atoms with E-state index in [1.54, 1.807) is 0 Å². The van der Waals surface area contributed by atoms with Crippen molar-refractivity contribution in [2.24, 2.45) is 0 Å². The van der Waals surface area contributed by atoms with Crippen LogP contribution in [0.5, 0.6) is 11.6 Å². The van der Waals surface area contributed by atoms with Gasteiger partial charge in [-0.15, -0.1) is 0 Å². The molecule has 0 saturated carbocycles. The minimum atomic E-state index is -0.493. The lowest BCUT2D eigenvalue weighted by atomic mass is 10.3. The van der Waals surface area contributed by atoms with Crippen LogP contribution in [-0.2, 0) is 9.59 Å². The summed E-state index contributed by atoms with van der Waals surface area (Å²) in [6.07, 6.45) is 1.36. The van der Waals surface area contributed by atoms with Gasteiger partial charge in [-0.3, -0.25) is 9.59 Å². The van der Waals surface area contributed by atoms with Gasteiger partial charge in [0.05, 0.1) is 19.0 Å². The van der Waals surface area contributed by atoms with E-state index in [9.17, 15) is 9.59 Å². The topological polar surface area (TPSA) is 93.7 Å². The quantitative estimate of drug-likeness (QED) is 0.687. The Bertz CT molecular complexity index is 542. The highest BCUT2D eigenvalue weighted by molar-refractivity contribution is 5.82. The van der Waals surface area contributed by atoms with Gasteiger partial charge < -0.3 is 19.7 Å². The lowest BCUT2D eigenvalue weighted by molar-refractivity contribution is -0.142. The molecule has 3 heterocycles. The van der Waals surface area contributed by atoms with Crippen LogP contribution in [0.3, 0.4) is 0 Å². The van der Waals surface area contributed by atoms with Crippen molar-refractivity contribution in [1.82, 2.24) is 15.3 Å². The van der Waals surface area contributed by atoms with Gasteiger partial charge in [0.15, 0.2) is 0 Å². The zero-order valence-electron chi connectivity index (χ0n) is 10.8. The number of rotatable bonds is 1. The van der Waals surface area contributed by atoms with Crippen molar-refractivity contribution in [3.63, 3.8) is 0 Å². The molecule has 1 aromatic heterocycles. The summed E-state index contributed by atoms with van der Waals surface area (Å²) in [5, 5.41) is 3.23. The lowest BCUT2D eigenvalue weighted by Crippen LogP contribution is -2.44. The summed E-state index contributed by atoms with van der Waals surface area (Å²) >= 11 is 0. The number of ether oxygens (including phenoxy) is 2. The van der Waals surface area contributed by atoms with Crippen molar-refractivity contribution in [3.8, 4) is 11.6 Å². The molecule has 1 N–H and O–H groups in total. The SMILES string of the molecule is O=C1CCC(=O)Oc2nc(N3CCNCC3)ncc2O1. The highest BCUT2D eigenvalue weighted by Crippen LogP contribution is 2.28. The van der Waals surface area contributed by atoms with Crippen molar-refractivity contribution in [2.75, 3.05) is 31.1 Å². The molecular formula is C12H14N4O4. The molecule has 1 saturated heterocycles.